The van der Waals surface area contributed by atoms with Crippen molar-refractivity contribution in [2.24, 2.45) is 0 Å². The number of halogens is 1. The zero-order valence-electron chi connectivity index (χ0n) is 13.2. The van der Waals surface area contributed by atoms with Crippen LogP contribution >= 0.6 is 27.3 Å². The number of aromatic nitrogens is 1. The number of benzene rings is 2. The standard InChI is InChI=1S/C16H11BrN2O5S2/c1-10-2-7-14(13(8-10)19(20)21)24-26(22,23)15-9-25-16(18-15)11-3-5-12(17)6-4-11/h2-9H,1H3. The van der Waals surface area contributed by atoms with Crippen LogP contribution in [0.3, 0.4) is 0 Å². The van der Waals surface area contributed by atoms with E-state index in [9.17, 15) is 18.5 Å². The Labute approximate surface area is 161 Å². The highest BCUT2D eigenvalue weighted by Gasteiger charge is 2.26. The van der Waals surface area contributed by atoms with E-state index in [1.807, 2.05) is 12.1 Å². The Bertz CT molecular complexity index is 1080. The molecule has 0 bridgehead atoms. The van der Waals surface area contributed by atoms with Gasteiger partial charge < -0.3 is 4.18 Å². The van der Waals surface area contributed by atoms with Crippen molar-refractivity contribution in [3.63, 3.8) is 0 Å². The molecule has 1 heterocycles. The first-order chi connectivity index (χ1) is 12.3. The van der Waals surface area contributed by atoms with Gasteiger partial charge in [-0.2, -0.15) is 8.42 Å². The topological polar surface area (TPSA) is 99.4 Å². The third kappa shape index (κ3) is 3.92. The molecule has 0 aliphatic rings. The van der Waals surface area contributed by atoms with Crippen molar-refractivity contribution >= 4 is 43.1 Å². The third-order valence-electron chi connectivity index (χ3n) is 3.34. The number of nitro benzene ring substituents is 1. The third-order valence-corrected chi connectivity index (χ3v) is 6.03. The number of nitro groups is 1. The van der Waals surface area contributed by atoms with Gasteiger partial charge in [-0.3, -0.25) is 10.1 Å². The molecule has 0 unspecified atom stereocenters. The van der Waals surface area contributed by atoms with Gasteiger partial charge in [0.25, 0.3) is 0 Å². The predicted molar refractivity (Wildman–Crippen MR) is 101 cm³/mol. The minimum atomic E-state index is -4.29. The number of hydrogen-bond acceptors (Lipinski definition) is 7. The maximum atomic E-state index is 12.5. The van der Waals surface area contributed by atoms with Crippen LogP contribution in [0.1, 0.15) is 5.56 Å². The van der Waals surface area contributed by atoms with E-state index in [0.29, 0.717) is 10.6 Å². The summed E-state index contributed by atoms with van der Waals surface area (Å²) in [5, 5.41) is 12.7. The van der Waals surface area contributed by atoms with Crippen LogP contribution in [0.25, 0.3) is 10.6 Å². The van der Waals surface area contributed by atoms with Crippen LogP contribution in [0, 0.1) is 17.0 Å². The quantitative estimate of drug-likeness (QED) is 0.318. The second kappa shape index (κ2) is 7.14. The van der Waals surface area contributed by atoms with E-state index in [2.05, 4.69) is 20.9 Å². The first-order valence-electron chi connectivity index (χ1n) is 7.17. The molecular weight excluding hydrogens is 444 g/mol. The summed E-state index contributed by atoms with van der Waals surface area (Å²) < 4.78 is 30.8. The van der Waals surface area contributed by atoms with Crippen molar-refractivity contribution in [2.45, 2.75) is 11.9 Å². The lowest BCUT2D eigenvalue weighted by atomic mass is 10.2. The number of thiazole rings is 1. The lowest BCUT2D eigenvalue weighted by Crippen LogP contribution is -2.11. The Balaban J connectivity index is 1.93. The van der Waals surface area contributed by atoms with E-state index in [4.69, 9.17) is 4.18 Å². The highest BCUT2D eigenvalue weighted by Crippen LogP contribution is 2.32. The van der Waals surface area contributed by atoms with E-state index in [1.54, 1.807) is 19.1 Å². The van der Waals surface area contributed by atoms with E-state index >= 15 is 0 Å². The summed E-state index contributed by atoms with van der Waals surface area (Å²) in [6.07, 6.45) is 0. The molecule has 3 rings (SSSR count). The van der Waals surface area contributed by atoms with Gasteiger partial charge in [0.15, 0.2) is 0 Å². The normalized spacial score (nSPS) is 11.3. The van der Waals surface area contributed by atoms with Crippen molar-refractivity contribution in [3.8, 4) is 16.3 Å². The van der Waals surface area contributed by atoms with Crippen LogP contribution < -0.4 is 4.18 Å². The summed E-state index contributed by atoms with van der Waals surface area (Å²) >= 11 is 4.47. The summed E-state index contributed by atoms with van der Waals surface area (Å²) in [4.78, 5) is 14.5. The molecule has 7 nitrogen and oxygen atoms in total. The molecule has 0 fully saturated rings. The fraction of sp³-hybridized carbons (Fsp3) is 0.0625. The SMILES string of the molecule is Cc1ccc(OS(=O)(=O)c2csc(-c3ccc(Br)cc3)n2)c([N+](=O)[O-])c1. The fourth-order valence-electron chi connectivity index (χ4n) is 2.10. The molecule has 0 amide bonds. The average Bonchev–Trinajstić information content (AvgIpc) is 3.08. The molecule has 0 saturated heterocycles. The maximum absolute atomic E-state index is 12.5. The van der Waals surface area contributed by atoms with Crippen LogP contribution in [0.2, 0.25) is 0 Å². The monoisotopic (exact) mass is 454 g/mol. The molecule has 2 aromatic carbocycles. The van der Waals surface area contributed by atoms with Gasteiger partial charge >= 0.3 is 15.8 Å². The smallest absolute Gasteiger partial charge is 0.358 e. The number of nitrogens with zero attached hydrogens (tertiary/aromatic N) is 2. The first-order valence-corrected chi connectivity index (χ1v) is 10.3. The molecule has 1 aromatic heterocycles. The Hall–Kier alpha value is -2.30. The van der Waals surface area contributed by atoms with Gasteiger partial charge in [-0.05, 0) is 30.7 Å². The number of aryl methyl sites for hydroxylation is 1. The van der Waals surface area contributed by atoms with Gasteiger partial charge in [-0.15, -0.1) is 11.3 Å². The molecule has 0 spiro atoms. The van der Waals surface area contributed by atoms with Crippen molar-refractivity contribution in [3.05, 3.63) is 68.0 Å². The maximum Gasteiger partial charge on any atom is 0.358 e. The zero-order valence-corrected chi connectivity index (χ0v) is 16.5. The second-order valence-electron chi connectivity index (χ2n) is 5.26. The van der Waals surface area contributed by atoms with E-state index in [-0.39, 0.29) is 10.8 Å². The molecule has 0 aliphatic heterocycles. The van der Waals surface area contributed by atoms with Crippen LogP contribution in [-0.2, 0) is 10.1 Å². The molecule has 26 heavy (non-hydrogen) atoms. The van der Waals surface area contributed by atoms with Crippen molar-refractivity contribution < 1.29 is 17.5 Å². The molecule has 134 valence electrons. The van der Waals surface area contributed by atoms with Crippen molar-refractivity contribution in [2.75, 3.05) is 0 Å². The molecule has 0 saturated carbocycles. The largest absolute Gasteiger partial charge is 0.370 e. The lowest BCUT2D eigenvalue weighted by molar-refractivity contribution is -0.385. The Morgan fingerprint density at radius 1 is 1.19 bits per heavy atom. The second-order valence-corrected chi connectivity index (χ2v) is 8.53. The minimum Gasteiger partial charge on any atom is -0.370 e. The summed E-state index contributed by atoms with van der Waals surface area (Å²) in [6, 6.07) is 11.3. The molecule has 10 heteroatoms. The Morgan fingerprint density at radius 3 is 2.54 bits per heavy atom. The summed E-state index contributed by atoms with van der Waals surface area (Å²) in [5.41, 5.74) is 0.950. The molecular formula is C16H11BrN2O5S2. The van der Waals surface area contributed by atoms with Gasteiger partial charge in [0, 0.05) is 21.5 Å². The van der Waals surface area contributed by atoms with Crippen LogP contribution in [0.15, 0.2) is 57.3 Å². The zero-order chi connectivity index (χ0) is 18.9. The van der Waals surface area contributed by atoms with Crippen LogP contribution in [-0.4, -0.2) is 18.3 Å². The lowest BCUT2D eigenvalue weighted by Gasteiger charge is -2.06. The predicted octanol–water partition coefficient (Wildman–Crippen LogP) is 4.56. The summed E-state index contributed by atoms with van der Waals surface area (Å²) in [5.74, 6) is -0.348. The average molecular weight is 455 g/mol. The molecule has 0 radical (unpaired) electrons. The van der Waals surface area contributed by atoms with E-state index < -0.39 is 20.7 Å². The van der Waals surface area contributed by atoms with Crippen molar-refractivity contribution in [1.82, 2.24) is 4.98 Å². The molecule has 0 atom stereocenters. The van der Waals surface area contributed by atoms with Crippen molar-refractivity contribution in [1.29, 1.82) is 0 Å². The van der Waals surface area contributed by atoms with Gasteiger partial charge in [0.05, 0.1) is 4.92 Å². The van der Waals surface area contributed by atoms with Gasteiger partial charge in [0.2, 0.25) is 10.8 Å². The number of hydrogen-bond donors (Lipinski definition) is 0. The highest BCUT2D eigenvalue weighted by molar-refractivity contribution is 9.10. The first kappa shape index (κ1) is 18.5. The molecule has 3 aromatic rings. The van der Waals surface area contributed by atoms with Gasteiger partial charge in [-0.25, -0.2) is 4.98 Å². The Morgan fingerprint density at radius 2 is 1.88 bits per heavy atom. The van der Waals surface area contributed by atoms with Gasteiger partial charge in [0.1, 0.15) is 5.01 Å². The Kier molecular flexibility index (Phi) is 5.08. The minimum absolute atomic E-state index is 0.296. The number of rotatable bonds is 5. The van der Waals surface area contributed by atoms with E-state index in [1.165, 1.54) is 23.6 Å². The fourth-order valence-corrected chi connectivity index (χ4v) is 4.39. The van der Waals surface area contributed by atoms with Crippen LogP contribution in [0.4, 0.5) is 5.69 Å². The van der Waals surface area contributed by atoms with E-state index in [0.717, 1.165) is 21.4 Å². The summed E-state index contributed by atoms with van der Waals surface area (Å²) in [6.45, 7) is 1.66. The molecule has 0 N–H and O–H groups in total. The highest BCUT2D eigenvalue weighted by atomic mass is 79.9. The van der Waals surface area contributed by atoms with Gasteiger partial charge in [-0.1, -0.05) is 34.1 Å². The summed E-state index contributed by atoms with van der Waals surface area (Å²) in [7, 11) is -4.29. The van der Waals surface area contributed by atoms with Crippen LogP contribution in [0.5, 0.6) is 5.75 Å². The molecule has 0 aliphatic carbocycles.